The van der Waals surface area contributed by atoms with E-state index < -0.39 is 5.54 Å². The van der Waals surface area contributed by atoms with Crippen molar-refractivity contribution >= 4 is 17.5 Å². The number of hydrogen-bond donors (Lipinski definition) is 1. The maximum atomic E-state index is 13.2. The Bertz CT molecular complexity index is 713. The predicted octanol–water partition coefficient (Wildman–Crippen LogP) is 2.41. The number of halogens is 2. The van der Waals surface area contributed by atoms with Crippen molar-refractivity contribution in [3.05, 3.63) is 53.1 Å². The molecule has 0 unspecified atom stereocenters. The SMILES string of the molecule is CN(Cc1ccc(F)cc1Cl)C(=O)C1(n2cccn2)CCNCC1. The Hall–Kier alpha value is -1.92. The first-order valence-corrected chi connectivity index (χ1v) is 8.31. The second-order valence-electron chi connectivity index (χ2n) is 6.13. The highest BCUT2D eigenvalue weighted by molar-refractivity contribution is 6.31. The molecule has 7 heteroatoms. The molecule has 0 bridgehead atoms. The smallest absolute Gasteiger partial charge is 0.250 e. The van der Waals surface area contributed by atoms with Gasteiger partial charge in [0.2, 0.25) is 0 Å². The highest BCUT2D eigenvalue weighted by Crippen LogP contribution is 2.30. The summed E-state index contributed by atoms with van der Waals surface area (Å²) in [6, 6.07) is 6.06. The maximum absolute atomic E-state index is 13.2. The minimum absolute atomic E-state index is 0.00640. The van der Waals surface area contributed by atoms with E-state index in [4.69, 9.17) is 11.6 Å². The summed E-state index contributed by atoms with van der Waals surface area (Å²) >= 11 is 6.09. The van der Waals surface area contributed by atoms with E-state index in [1.54, 1.807) is 28.9 Å². The molecule has 0 radical (unpaired) electrons. The highest BCUT2D eigenvalue weighted by Gasteiger charge is 2.43. The van der Waals surface area contributed by atoms with Crippen LogP contribution in [0, 0.1) is 5.82 Å². The number of piperidine rings is 1. The van der Waals surface area contributed by atoms with Crippen molar-refractivity contribution < 1.29 is 9.18 Å². The molecule has 24 heavy (non-hydrogen) atoms. The fourth-order valence-corrected chi connectivity index (χ4v) is 3.46. The summed E-state index contributed by atoms with van der Waals surface area (Å²) in [6.07, 6.45) is 4.87. The lowest BCUT2D eigenvalue weighted by atomic mass is 9.86. The third kappa shape index (κ3) is 3.16. The minimum atomic E-state index is -0.685. The first-order chi connectivity index (χ1) is 11.5. The lowest BCUT2D eigenvalue weighted by Gasteiger charge is -2.39. The third-order valence-corrected chi connectivity index (χ3v) is 4.89. The Morgan fingerprint density at radius 3 is 2.83 bits per heavy atom. The van der Waals surface area contributed by atoms with Crippen LogP contribution >= 0.6 is 11.6 Å². The summed E-state index contributed by atoms with van der Waals surface area (Å²) in [5, 5.41) is 7.93. The molecule has 2 aromatic rings. The van der Waals surface area contributed by atoms with E-state index in [9.17, 15) is 9.18 Å². The molecular formula is C17H20ClFN4O. The maximum Gasteiger partial charge on any atom is 0.250 e. The molecule has 2 heterocycles. The number of amides is 1. The van der Waals surface area contributed by atoms with Crippen molar-refractivity contribution in [1.29, 1.82) is 0 Å². The standard InChI is InChI=1S/C17H20ClFN4O/c1-22(12-13-3-4-14(19)11-15(13)18)16(24)17(5-8-20-9-6-17)23-10-2-7-21-23/h2-4,7,10-11,20H,5-6,8-9,12H2,1H3. The van der Waals surface area contributed by atoms with Gasteiger partial charge in [-0.05, 0) is 49.7 Å². The van der Waals surface area contributed by atoms with Crippen LogP contribution in [0.5, 0.6) is 0 Å². The topological polar surface area (TPSA) is 50.2 Å². The minimum Gasteiger partial charge on any atom is -0.339 e. The van der Waals surface area contributed by atoms with Crippen LogP contribution in [0.25, 0.3) is 0 Å². The first kappa shape index (κ1) is 16.9. The van der Waals surface area contributed by atoms with Gasteiger partial charge < -0.3 is 10.2 Å². The Labute approximate surface area is 145 Å². The number of likely N-dealkylation sites (N-methyl/N-ethyl adjacent to an activating group) is 1. The van der Waals surface area contributed by atoms with E-state index in [1.165, 1.54) is 12.1 Å². The molecule has 0 spiro atoms. The average molecular weight is 351 g/mol. The van der Waals surface area contributed by atoms with Crippen LogP contribution in [0.2, 0.25) is 5.02 Å². The fourth-order valence-electron chi connectivity index (χ4n) is 3.24. The second-order valence-corrected chi connectivity index (χ2v) is 6.54. The molecule has 1 saturated heterocycles. The molecule has 0 atom stereocenters. The Kier molecular flexibility index (Phi) is 4.87. The van der Waals surface area contributed by atoms with Gasteiger partial charge in [0.15, 0.2) is 0 Å². The number of nitrogens with zero attached hydrogens (tertiary/aromatic N) is 3. The number of rotatable bonds is 4. The van der Waals surface area contributed by atoms with E-state index in [-0.39, 0.29) is 11.7 Å². The van der Waals surface area contributed by atoms with Crippen LogP contribution in [0.3, 0.4) is 0 Å². The molecule has 0 aliphatic carbocycles. The molecule has 128 valence electrons. The lowest BCUT2D eigenvalue weighted by Crippen LogP contribution is -2.54. The second kappa shape index (κ2) is 6.91. The summed E-state index contributed by atoms with van der Waals surface area (Å²) in [6.45, 7) is 1.85. The van der Waals surface area contributed by atoms with Gasteiger partial charge in [0.25, 0.3) is 5.91 Å². The molecule has 5 nitrogen and oxygen atoms in total. The largest absolute Gasteiger partial charge is 0.339 e. The Morgan fingerprint density at radius 1 is 1.46 bits per heavy atom. The number of benzene rings is 1. The van der Waals surface area contributed by atoms with Crippen molar-refractivity contribution in [3.63, 3.8) is 0 Å². The quantitative estimate of drug-likeness (QED) is 0.921. The van der Waals surface area contributed by atoms with Gasteiger partial charge in [-0.2, -0.15) is 5.10 Å². The number of nitrogens with one attached hydrogen (secondary N) is 1. The first-order valence-electron chi connectivity index (χ1n) is 7.93. The van der Waals surface area contributed by atoms with E-state index in [1.807, 2.05) is 12.3 Å². The number of carbonyl (C=O) groups is 1. The summed E-state index contributed by atoms with van der Waals surface area (Å²) in [5.74, 6) is -0.391. The zero-order valence-electron chi connectivity index (χ0n) is 13.5. The van der Waals surface area contributed by atoms with Crippen molar-refractivity contribution in [1.82, 2.24) is 20.0 Å². The Balaban J connectivity index is 1.84. The van der Waals surface area contributed by atoms with Gasteiger partial charge >= 0.3 is 0 Å². The van der Waals surface area contributed by atoms with Gasteiger partial charge in [0, 0.05) is 31.0 Å². The van der Waals surface area contributed by atoms with E-state index in [0.717, 1.165) is 18.7 Å². The van der Waals surface area contributed by atoms with Gasteiger partial charge in [-0.1, -0.05) is 17.7 Å². The number of hydrogen-bond acceptors (Lipinski definition) is 3. The molecular weight excluding hydrogens is 331 g/mol. The molecule has 0 saturated carbocycles. The van der Waals surface area contributed by atoms with Crippen LogP contribution in [0.4, 0.5) is 4.39 Å². The van der Waals surface area contributed by atoms with Gasteiger partial charge in [-0.15, -0.1) is 0 Å². The Morgan fingerprint density at radius 2 is 2.21 bits per heavy atom. The molecule has 1 N–H and O–H groups in total. The molecule has 1 aromatic heterocycles. The van der Waals surface area contributed by atoms with E-state index in [2.05, 4.69) is 10.4 Å². The van der Waals surface area contributed by atoms with Gasteiger partial charge in [-0.25, -0.2) is 4.39 Å². The summed E-state index contributed by atoms with van der Waals surface area (Å²) in [4.78, 5) is 14.9. The van der Waals surface area contributed by atoms with Crippen molar-refractivity contribution in [2.24, 2.45) is 0 Å². The fraction of sp³-hybridized carbons (Fsp3) is 0.412. The third-order valence-electron chi connectivity index (χ3n) is 4.54. The molecule has 1 amide bonds. The highest BCUT2D eigenvalue weighted by atomic mass is 35.5. The van der Waals surface area contributed by atoms with Crippen molar-refractivity contribution in [2.75, 3.05) is 20.1 Å². The van der Waals surface area contributed by atoms with Crippen LogP contribution in [-0.2, 0) is 16.9 Å². The molecule has 3 rings (SSSR count). The summed E-state index contributed by atoms with van der Waals surface area (Å²) in [5.41, 5.74) is 0.0363. The molecule has 1 aromatic carbocycles. The molecule has 1 aliphatic rings. The molecule has 1 fully saturated rings. The van der Waals surface area contributed by atoms with Gasteiger partial charge in [0.05, 0.1) is 0 Å². The van der Waals surface area contributed by atoms with Crippen molar-refractivity contribution in [2.45, 2.75) is 24.9 Å². The zero-order chi connectivity index (χ0) is 17.2. The van der Waals surface area contributed by atoms with Crippen LogP contribution < -0.4 is 5.32 Å². The van der Waals surface area contributed by atoms with Gasteiger partial charge in [-0.3, -0.25) is 9.48 Å². The predicted molar refractivity (Wildman–Crippen MR) is 90.2 cm³/mol. The van der Waals surface area contributed by atoms with Crippen LogP contribution in [0.15, 0.2) is 36.7 Å². The zero-order valence-corrected chi connectivity index (χ0v) is 14.3. The van der Waals surface area contributed by atoms with Crippen LogP contribution in [0.1, 0.15) is 18.4 Å². The van der Waals surface area contributed by atoms with Crippen molar-refractivity contribution in [3.8, 4) is 0 Å². The summed E-state index contributed by atoms with van der Waals surface area (Å²) < 4.78 is 15.0. The summed E-state index contributed by atoms with van der Waals surface area (Å²) in [7, 11) is 1.75. The monoisotopic (exact) mass is 350 g/mol. The molecule has 1 aliphatic heterocycles. The van der Waals surface area contributed by atoms with Gasteiger partial charge in [0.1, 0.15) is 11.4 Å². The number of aromatic nitrogens is 2. The van der Waals surface area contributed by atoms with E-state index in [0.29, 0.717) is 24.4 Å². The average Bonchev–Trinajstić information content (AvgIpc) is 3.12. The lowest BCUT2D eigenvalue weighted by molar-refractivity contribution is -0.142. The van der Waals surface area contributed by atoms with E-state index >= 15 is 0 Å². The number of carbonyl (C=O) groups excluding carboxylic acids is 1. The normalized spacial score (nSPS) is 16.8. The van der Waals surface area contributed by atoms with Crippen LogP contribution in [-0.4, -0.2) is 40.7 Å².